The van der Waals surface area contributed by atoms with Gasteiger partial charge in [0.25, 0.3) is 0 Å². The van der Waals surface area contributed by atoms with E-state index in [4.69, 9.17) is 9.76 Å². The van der Waals surface area contributed by atoms with Crippen LogP contribution in [0.3, 0.4) is 0 Å². The van der Waals surface area contributed by atoms with E-state index >= 15 is 0 Å². The molecule has 1 saturated heterocycles. The molecule has 2 aliphatic rings. The maximum absolute atomic E-state index is 12.6. The van der Waals surface area contributed by atoms with Gasteiger partial charge in [-0.2, -0.15) is 0 Å². The summed E-state index contributed by atoms with van der Waals surface area (Å²) in [7, 11) is -1.07. The fourth-order valence-corrected chi connectivity index (χ4v) is 3.55. The first-order valence-electron chi connectivity index (χ1n) is 8.41. The van der Waals surface area contributed by atoms with Crippen molar-refractivity contribution in [1.82, 2.24) is 5.32 Å². The monoisotopic (exact) mass is 331 g/mol. The van der Waals surface area contributed by atoms with E-state index in [9.17, 15) is 14.6 Å². The predicted octanol–water partition coefficient (Wildman–Crippen LogP) is 1.16. The van der Waals surface area contributed by atoms with Gasteiger partial charge in [0, 0.05) is 18.8 Å². The van der Waals surface area contributed by atoms with Crippen LogP contribution in [0, 0.1) is 0 Å². The van der Waals surface area contributed by atoms with E-state index in [1.165, 1.54) is 11.1 Å². The van der Waals surface area contributed by atoms with Crippen LogP contribution in [-0.4, -0.2) is 41.1 Å². The van der Waals surface area contributed by atoms with Gasteiger partial charge >= 0.3 is 13.1 Å². The van der Waals surface area contributed by atoms with Crippen LogP contribution in [-0.2, 0) is 27.2 Å². The Morgan fingerprint density at radius 1 is 1.21 bits per heavy atom. The molecule has 7 heteroatoms. The highest BCUT2D eigenvalue weighted by Crippen LogP contribution is 2.31. The SMILES string of the molecule is O=C(O)C[C@@H]1CC[C@H](CC(=O)C2Cc3ccccc3CN2)B(O)O1. The lowest BCUT2D eigenvalue weighted by molar-refractivity contribution is -0.139. The molecular weight excluding hydrogens is 309 g/mol. The molecule has 3 atom stereocenters. The minimum Gasteiger partial charge on any atom is -0.481 e. The second-order valence-electron chi connectivity index (χ2n) is 6.66. The van der Waals surface area contributed by atoms with Gasteiger partial charge in [0.2, 0.25) is 0 Å². The van der Waals surface area contributed by atoms with Crippen LogP contribution in [0.15, 0.2) is 24.3 Å². The van der Waals surface area contributed by atoms with Crippen molar-refractivity contribution in [2.75, 3.05) is 0 Å². The summed E-state index contributed by atoms with van der Waals surface area (Å²) in [5, 5.41) is 22.1. The zero-order chi connectivity index (χ0) is 17.1. The predicted molar refractivity (Wildman–Crippen MR) is 88.5 cm³/mol. The Labute approximate surface area is 141 Å². The van der Waals surface area contributed by atoms with Crippen molar-refractivity contribution in [2.24, 2.45) is 0 Å². The second-order valence-corrected chi connectivity index (χ2v) is 6.66. The number of ketones is 1. The van der Waals surface area contributed by atoms with Gasteiger partial charge in [-0.05, 0) is 30.4 Å². The zero-order valence-electron chi connectivity index (χ0n) is 13.5. The Hall–Kier alpha value is -1.70. The van der Waals surface area contributed by atoms with Gasteiger partial charge in [-0.25, -0.2) is 0 Å². The van der Waals surface area contributed by atoms with Gasteiger partial charge in [0.1, 0.15) is 5.78 Å². The third kappa shape index (κ3) is 4.04. The standard InChI is InChI=1S/C17H22BNO5/c20-16(15-7-11-3-1-2-4-12(11)10-19-15)8-13-5-6-14(9-17(21)22)24-18(13)23/h1-4,13-15,19,23H,5-10H2,(H,21,22)/t13-,14+,15?/m1/s1. The lowest BCUT2D eigenvalue weighted by Gasteiger charge is -2.31. The number of benzene rings is 1. The molecule has 0 aromatic heterocycles. The van der Waals surface area contributed by atoms with Crippen LogP contribution in [0.25, 0.3) is 0 Å². The van der Waals surface area contributed by atoms with Crippen LogP contribution in [0.2, 0.25) is 5.82 Å². The number of rotatable bonds is 5. The topological polar surface area (TPSA) is 95.9 Å². The Bertz CT molecular complexity index is 623. The summed E-state index contributed by atoms with van der Waals surface area (Å²) >= 11 is 0. The summed E-state index contributed by atoms with van der Waals surface area (Å²) in [4.78, 5) is 23.3. The third-order valence-corrected chi connectivity index (χ3v) is 4.93. The van der Waals surface area contributed by atoms with Crippen LogP contribution >= 0.6 is 0 Å². The molecule has 1 aromatic rings. The van der Waals surface area contributed by atoms with Gasteiger partial charge in [-0.1, -0.05) is 24.3 Å². The molecule has 3 N–H and O–H groups in total. The zero-order valence-corrected chi connectivity index (χ0v) is 13.5. The number of carbonyl (C=O) groups excluding carboxylic acids is 1. The summed E-state index contributed by atoms with van der Waals surface area (Å²) in [5.74, 6) is -1.12. The minimum atomic E-state index is -1.07. The smallest absolute Gasteiger partial charge is 0.458 e. The van der Waals surface area contributed by atoms with Gasteiger partial charge < -0.3 is 20.1 Å². The van der Waals surface area contributed by atoms with Crippen molar-refractivity contribution in [3.05, 3.63) is 35.4 Å². The van der Waals surface area contributed by atoms with E-state index in [-0.39, 0.29) is 30.5 Å². The molecular formula is C17H22BNO5. The van der Waals surface area contributed by atoms with Crippen LogP contribution < -0.4 is 5.32 Å². The number of hydrogen-bond acceptors (Lipinski definition) is 5. The first kappa shape index (κ1) is 17.1. The first-order chi connectivity index (χ1) is 11.5. The van der Waals surface area contributed by atoms with E-state index in [2.05, 4.69) is 11.4 Å². The fraction of sp³-hybridized carbons (Fsp3) is 0.529. The number of hydrogen-bond donors (Lipinski definition) is 3. The normalized spacial score (nSPS) is 26.7. The molecule has 128 valence electrons. The number of aliphatic carboxylic acids is 1. The largest absolute Gasteiger partial charge is 0.481 e. The Morgan fingerprint density at radius 2 is 1.96 bits per heavy atom. The van der Waals surface area contributed by atoms with Gasteiger partial charge in [-0.15, -0.1) is 0 Å². The number of carbonyl (C=O) groups is 2. The van der Waals surface area contributed by atoms with Crippen molar-refractivity contribution < 1.29 is 24.4 Å². The van der Waals surface area contributed by atoms with Gasteiger partial charge in [0.05, 0.1) is 18.6 Å². The third-order valence-electron chi connectivity index (χ3n) is 4.93. The molecule has 0 amide bonds. The number of carboxylic acid groups (broad SMARTS) is 1. The fourth-order valence-electron chi connectivity index (χ4n) is 3.55. The lowest BCUT2D eigenvalue weighted by Crippen LogP contribution is -2.44. The van der Waals surface area contributed by atoms with Crippen molar-refractivity contribution >= 4 is 18.9 Å². The summed E-state index contributed by atoms with van der Waals surface area (Å²) in [5.41, 5.74) is 2.41. The molecule has 24 heavy (non-hydrogen) atoms. The van der Waals surface area contributed by atoms with Crippen molar-refractivity contribution in [3.63, 3.8) is 0 Å². The second kappa shape index (κ2) is 7.46. The number of Topliss-reactive ketones (excluding diaryl/α,β-unsaturated/α-hetero) is 1. The van der Waals surface area contributed by atoms with Gasteiger partial charge in [-0.3, -0.25) is 9.59 Å². The molecule has 1 fully saturated rings. The average Bonchev–Trinajstić information content (AvgIpc) is 2.56. The molecule has 3 rings (SSSR count). The summed E-state index contributed by atoms with van der Waals surface area (Å²) in [6, 6.07) is 7.85. The van der Waals surface area contributed by atoms with Crippen molar-refractivity contribution in [3.8, 4) is 0 Å². The van der Waals surface area contributed by atoms with Crippen molar-refractivity contribution in [1.29, 1.82) is 0 Å². The molecule has 0 radical (unpaired) electrons. The van der Waals surface area contributed by atoms with Crippen LogP contribution in [0.5, 0.6) is 0 Å². The maximum atomic E-state index is 12.6. The minimum absolute atomic E-state index is 0.0776. The molecule has 0 saturated carbocycles. The summed E-state index contributed by atoms with van der Waals surface area (Å²) in [6.07, 6.45) is 1.50. The molecule has 1 unspecified atom stereocenters. The highest BCUT2D eigenvalue weighted by atomic mass is 16.5. The number of fused-ring (bicyclic) bond motifs is 1. The van der Waals surface area contributed by atoms with Crippen LogP contribution in [0.1, 0.15) is 36.8 Å². The van der Waals surface area contributed by atoms with Crippen molar-refractivity contribution in [2.45, 2.75) is 56.6 Å². The average molecular weight is 331 g/mol. The Morgan fingerprint density at radius 3 is 2.67 bits per heavy atom. The number of nitrogens with one attached hydrogen (secondary N) is 1. The Balaban J connectivity index is 1.53. The quantitative estimate of drug-likeness (QED) is 0.701. The molecule has 1 aromatic carbocycles. The van der Waals surface area contributed by atoms with E-state index in [1.807, 2.05) is 18.2 Å². The molecule has 0 bridgehead atoms. The first-order valence-corrected chi connectivity index (χ1v) is 8.41. The molecule has 2 heterocycles. The Kier molecular flexibility index (Phi) is 5.33. The van der Waals surface area contributed by atoms with E-state index in [0.29, 0.717) is 25.8 Å². The lowest BCUT2D eigenvalue weighted by atomic mass is 9.64. The number of carboxylic acids is 1. The molecule has 2 aliphatic heterocycles. The summed E-state index contributed by atoms with van der Waals surface area (Å²) < 4.78 is 5.36. The highest BCUT2D eigenvalue weighted by Gasteiger charge is 2.38. The van der Waals surface area contributed by atoms with Crippen LogP contribution in [0.4, 0.5) is 0 Å². The molecule has 6 nitrogen and oxygen atoms in total. The molecule has 0 aliphatic carbocycles. The maximum Gasteiger partial charge on any atom is 0.458 e. The van der Waals surface area contributed by atoms with E-state index in [0.717, 1.165) is 0 Å². The summed E-state index contributed by atoms with van der Waals surface area (Å²) in [6.45, 7) is 0.678. The molecule has 0 spiro atoms. The van der Waals surface area contributed by atoms with Gasteiger partial charge in [0.15, 0.2) is 0 Å². The highest BCUT2D eigenvalue weighted by molar-refractivity contribution is 6.45. The van der Waals surface area contributed by atoms with E-state index in [1.54, 1.807) is 0 Å². The van der Waals surface area contributed by atoms with E-state index < -0.39 is 19.2 Å².